The van der Waals surface area contributed by atoms with Gasteiger partial charge in [0.2, 0.25) is 0 Å². The number of ether oxygens (including phenoxy) is 1. The molecule has 1 N–H and O–H groups in total. The van der Waals surface area contributed by atoms with Gasteiger partial charge in [-0.25, -0.2) is 0 Å². The number of esters is 1. The van der Waals surface area contributed by atoms with E-state index in [9.17, 15) is 4.79 Å². The SMILES string of the molecule is C.CC1=C([Si](C)(C)C)C1CO.CCOC(=O)C1C(C)=C1[Si](C)(C)C. The minimum absolute atomic E-state index is 0. The first-order valence-electron chi connectivity index (χ1n) is 8.57. The number of carbonyl (C=O) groups excluding carboxylic acids is 1. The lowest BCUT2D eigenvalue weighted by atomic mass is 10.3. The molecule has 140 valence electrons. The highest BCUT2D eigenvalue weighted by molar-refractivity contribution is 6.85. The van der Waals surface area contributed by atoms with Crippen molar-refractivity contribution in [1.82, 2.24) is 0 Å². The van der Waals surface area contributed by atoms with E-state index < -0.39 is 16.1 Å². The summed E-state index contributed by atoms with van der Waals surface area (Å²) in [6.45, 7) is 20.7. The summed E-state index contributed by atoms with van der Waals surface area (Å²) in [4.78, 5) is 11.4. The second-order valence-corrected chi connectivity index (χ2v) is 18.7. The summed E-state index contributed by atoms with van der Waals surface area (Å²) in [5.74, 6) is 0.482. The molecule has 0 aromatic rings. The summed E-state index contributed by atoms with van der Waals surface area (Å²) >= 11 is 0. The highest BCUT2D eigenvalue weighted by Gasteiger charge is 2.46. The van der Waals surface area contributed by atoms with Crippen molar-refractivity contribution in [1.29, 1.82) is 0 Å². The molecule has 24 heavy (non-hydrogen) atoms. The number of carbonyl (C=O) groups is 1. The van der Waals surface area contributed by atoms with Crippen LogP contribution in [0.2, 0.25) is 39.3 Å². The molecule has 2 atom stereocenters. The number of aliphatic hydroxyl groups excluding tert-OH is 1. The summed E-state index contributed by atoms with van der Waals surface area (Å²) < 4.78 is 5.00. The lowest BCUT2D eigenvalue weighted by Crippen LogP contribution is -2.23. The van der Waals surface area contributed by atoms with Crippen LogP contribution in [0.5, 0.6) is 0 Å². The maximum Gasteiger partial charge on any atom is 0.316 e. The van der Waals surface area contributed by atoms with Crippen LogP contribution in [-0.2, 0) is 9.53 Å². The number of hydrogen-bond donors (Lipinski definition) is 1. The Labute approximate surface area is 151 Å². The molecule has 0 aliphatic heterocycles. The maximum atomic E-state index is 11.4. The molecule has 0 aromatic heterocycles. The maximum absolute atomic E-state index is 11.4. The molecule has 2 unspecified atom stereocenters. The van der Waals surface area contributed by atoms with Crippen LogP contribution in [-0.4, -0.2) is 40.4 Å². The van der Waals surface area contributed by atoms with Crippen LogP contribution in [0.3, 0.4) is 0 Å². The van der Waals surface area contributed by atoms with Crippen molar-refractivity contribution in [2.24, 2.45) is 11.8 Å². The Hall–Kier alpha value is -0.656. The topological polar surface area (TPSA) is 46.5 Å². The van der Waals surface area contributed by atoms with E-state index in [-0.39, 0.29) is 19.3 Å². The van der Waals surface area contributed by atoms with E-state index in [2.05, 4.69) is 53.1 Å². The van der Waals surface area contributed by atoms with Gasteiger partial charge < -0.3 is 9.84 Å². The smallest absolute Gasteiger partial charge is 0.316 e. The molecule has 0 saturated heterocycles. The van der Waals surface area contributed by atoms with Crippen LogP contribution in [0.15, 0.2) is 21.5 Å². The Morgan fingerprint density at radius 2 is 1.46 bits per heavy atom. The van der Waals surface area contributed by atoms with Crippen molar-refractivity contribution in [2.75, 3.05) is 13.2 Å². The molecule has 0 aromatic carbocycles. The predicted molar refractivity (Wildman–Crippen MR) is 110 cm³/mol. The van der Waals surface area contributed by atoms with Crippen molar-refractivity contribution >= 4 is 22.1 Å². The molecule has 0 saturated carbocycles. The lowest BCUT2D eigenvalue weighted by Gasteiger charge is -2.12. The number of aliphatic hydroxyl groups is 1. The van der Waals surface area contributed by atoms with E-state index in [1.165, 1.54) is 16.3 Å². The van der Waals surface area contributed by atoms with Crippen molar-refractivity contribution in [2.45, 2.75) is 67.5 Å². The van der Waals surface area contributed by atoms with Gasteiger partial charge in [-0.1, -0.05) is 68.2 Å². The second kappa shape index (κ2) is 8.15. The zero-order valence-electron chi connectivity index (χ0n) is 16.3. The molecule has 0 radical (unpaired) electrons. The molecule has 0 spiro atoms. The van der Waals surface area contributed by atoms with E-state index in [0.717, 1.165) is 0 Å². The molecule has 2 rings (SSSR count). The highest BCUT2D eigenvalue weighted by Crippen LogP contribution is 2.45. The third kappa shape index (κ3) is 5.43. The van der Waals surface area contributed by atoms with Crippen molar-refractivity contribution in [3.8, 4) is 0 Å². The summed E-state index contributed by atoms with van der Waals surface area (Å²) in [7, 11) is -2.31. The van der Waals surface area contributed by atoms with E-state index in [1.807, 2.05) is 6.92 Å². The monoisotopic (exact) mass is 370 g/mol. The molecule has 0 fully saturated rings. The van der Waals surface area contributed by atoms with Crippen molar-refractivity contribution in [3.63, 3.8) is 0 Å². The van der Waals surface area contributed by atoms with Gasteiger partial charge in [0.25, 0.3) is 0 Å². The van der Waals surface area contributed by atoms with Crippen molar-refractivity contribution < 1.29 is 14.6 Å². The Kier molecular flexibility index (Phi) is 7.93. The van der Waals surface area contributed by atoms with Gasteiger partial charge in [-0.05, 0) is 20.8 Å². The van der Waals surface area contributed by atoms with Gasteiger partial charge in [0.15, 0.2) is 0 Å². The van der Waals surface area contributed by atoms with Crippen LogP contribution in [0, 0.1) is 11.8 Å². The van der Waals surface area contributed by atoms with Crippen LogP contribution in [0.25, 0.3) is 0 Å². The van der Waals surface area contributed by atoms with Gasteiger partial charge in [-0.2, -0.15) is 0 Å². The fourth-order valence-electron chi connectivity index (χ4n) is 3.61. The minimum Gasteiger partial charge on any atom is -0.465 e. The van der Waals surface area contributed by atoms with Gasteiger partial charge in [0, 0.05) is 5.92 Å². The molecule has 3 nitrogen and oxygen atoms in total. The fraction of sp³-hybridized carbons (Fsp3) is 0.737. The molecule has 0 heterocycles. The Morgan fingerprint density at radius 1 is 1.00 bits per heavy atom. The Balaban J connectivity index is 0.000000436. The molecule has 2 aliphatic rings. The third-order valence-electron chi connectivity index (χ3n) is 4.60. The van der Waals surface area contributed by atoms with Gasteiger partial charge in [0.1, 0.15) is 0 Å². The number of hydrogen-bond acceptors (Lipinski definition) is 3. The predicted octanol–water partition coefficient (Wildman–Crippen LogP) is 4.81. The summed E-state index contributed by atoms with van der Waals surface area (Å²) in [6.07, 6.45) is 0. The molecule has 5 heteroatoms. The fourth-order valence-corrected chi connectivity index (χ4v) is 8.70. The van der Waals surface area contributed by atoms with Gasteiger partial charge in [-0.3, -0.25) is 4.79 Å². The molecule has 0 bridgehead atoms. The van der Waals surface area contributed by atoms with Crippen molar-refractivity contribution in [3.05, 3.63) is 21.5 Å². The van der Waals surface area contributed by atoms with Crippen LogP contribution < -0.4 is 0 Å². The molecule has 2 aliphatic carbocycles. The van der Waals surface area contributed by atoms with Crippen LogP contribution >= 0.6 is 0 Å². The Bertz CT molecular complexity index is 534. The second-order valence-electron chi connectivity index (χ2n) is 8.61. The lowest BCUT2D eigenvalue weighted by molar-refractivity contribution is -0.144. The van der Waals surface area contributed by atoms with Gasteiger partial charge in [0.05, 0.1) is 35.3 Å². The van der Waals surface area contributed by atoms with Gasteiger partial charge in [-0.15, -0.1) is 0 Å². The molecular weight excluding hydrogens is 332 g/mol. The number of rotatable bonds is 5. The highest BCUT2D eigenvalue weighted by atomic mass is 28.3. The van der Waals surface area contributed by atoms with E-state index >= 15 is 0 Å². The van der Waals surface area contributed by atoms with E-state index in [1.54, 1.807) is 5.20 Å². The van der Waals surface area contributed by atoms with Gasteiger partial charge >= 0.3 is 5.97 Å². The quantitative estimate of drug-likeness (QED) is 0.558. The summed E-state index contributed by atoms with van der Waals surface area (Å²) in [5.41, 5.74) is 2.72. The van der Waals surface area contributed by atoms with Crippen LogP contribution in [0.4, 0.5) is 0 Å². The first-order valence-corrected chi connectivity index (χ1v) is 15.6. The normalized spacial score (nSPS) is 22.4. The molecule has 0 amide bonds. The standard InChI is InChI=1S/C10H18O2Si.C8H16OSi.CH4/c1-6-12-10(11)8-7(2)9(8)13(3,4)5;1-6-7(5-9)8(6)10(2,3)4;/h8H,6H2,1-5H3;7,9H,5H2,1-4H3;1H4. The van der Waals surface area contributed by atoms with Crippen LogP contribution in [0.1, 0.15) is 28.2 Å². The largest absolute Gasteiger partial charge is 0.465 e. The molecular formula is C19H38O3Si2. The zero-order valence-corrected chi connectivity index (χ0v) is 18.3. The first-order chi connectivity index (χ1) is 10.4. The third-order valence-corrected chi connectivity index (χ3v) is 9.25. The van der Waals surface area contributed by atoms with E-state index in [0.29, 0.717) is 19.1 Å². The summed E-state index contributed by atoms with van der Waals surface area (Å²) in [5, 5.41) is 11.9. The summed E-state index contributed by atoms with van der Waals surface area (Å²) in [6, 6.07) is 0. The zero-order chi connectivity index (χ0) is 18.2. The van der Waals surface area contributed by atoms with E-state index in [4.69, 9.17) is 9.84 Å². The first kappa shape index (κ1) is 23.3. The average Bonchev–Trinajstić information content (AvgIpc) is 3.23. The minimum atomic E-state index is -1.26. The Morgan fingerprint density at radius 3 is 1.67 bits per heavy atom. The average molecular weight is 371 g/mol.